The molecule has 69 heavy (non-hydrogen) atoms. The molecule has 8 aromatic rings. The topological polar surface area (TPSA) is 257 Å². The van der Waals surface area contributed by atoms with E-state index in [1.54, 1.807) is 106 Å². The second kappa shape index (κ2) is 21.6. The van der Waals surface area contributed by atoms with E-state index in [2.05, 4.69) is 45.6 Å². The molecule has 6 atom stereocenters. The van der Waals surface area contributed by atoms with Crippen LogP contribution in [0.1, 0.15) is 75.5 Å². The van der Waals surface area contributed by atoms with Crippen LogP contribution in [0.5, 0.6) is 0 Å². The van der Waals surface area contributed by atoms with Crippen molar-refractivity contribution in [2.45, 2.75) is 57.1 Å². The molecule has 2 unspecified atom stereocenters. The molecular formula is C49H46N10O10. The molecule has 2 saturated heterocycles. The Labute approximate surface area is 396 Å². The van der Waals surface area contributed by atoms with Crippen LogP contribution in [0.3, 0.4) is 0 Å². The molecule has 0 radical (unpaired) electrons. The van der Waals surface area contributed by atoms with Gasteiger partial charge in [0.2, 0.25) is 1.43 Å². The second-order valence-corrected chi connectivity index (χ2v) is 15.4. The minimum atomic E-state index is -0.700. The van der Waals surface area contributed by atoms with Crippen molar-refractivity contribution in [1.82, 2.24) is 39.0 Å². The lowest BCUT2D eigenvalue weighted by Gasteiger charge is -2.16. The van der Waals surface area contributed by atoms with E-state index in [-0.39, 0.29) is 36.7 Å². The minimum absolute atomic E-state index is 0.0801. The van der Waals surface area contributed by atoms with Crippen molar-refractivity contribution in [1.29, 1.82) is 1.43 Å². The Morgan fingerprint density at radius 2 is 0.971 bits per heavy atom. The van der Waals surface area contributed by atoms with Gasteiger partial charge in [-0.25, -0.2) is 39.5 Å². The number of aliphatic hydroxyl groups is 2. The van der Waals surface area contributed by atoms with E-state index in [9.17, 15) is 24.3 Å². The summed E-state index contributed by atoms with van der Waals surface area (Å²) in [6.45, 7) is -0.396. The maximum absolute atomic E-state index is 12.6. The van der Waals surface area contributed by atoms with Crippen molar-refractivity contribution in [2.24, 2.45) is 0 Å². The van der Waals surface area contributed by atoms with Gasteiger partial charge in [0.1, 0.15) is 49.5 Å². The van der Waals surface area contributed by atoms with Crippen molar-refractivity contribution in [2.75, 3.05) is 23.8 Å². The van der Waals surface area contributed by atoms with E-state index in [1.165, 1.54) is 32.7 Å². The number of anilines is 2. The maximum Gasteiger partial charge on any atom is 0.338 e. The van der Waals surface area contributed by atoms with Crippen LogP contribution in [0.4, 0.5) is 11.6 Å². The maximum atomic E-state index is 12.6. The fraction of sp³-hybridized carbons (Fsp3) is 0.224. The molecular weight excluding hydrogens is 889 g/mol. The highest BCUT2D eigenvalue weighted by molar-refractivity contribution is 6.07. The number of ether oxygens (including phenoxy) is 4. The molecule has 20 heteroatoms. The van der Waals surface area contributed by atoms with Crippen LogP contribution in [-0.2, 0) is 18.9 Å². The molecule has 0 bridgehead atoms. The smallest absolute Gasteiger partial charge is 0.338 e. The lowest BCUT2D eigenvalue weighted by atomic mass is 10.1. The van der Waals surface area contributed by atoms with Crippen LogP contribution >= 0.6 is 0 Å². The third-order valence-corrected chi connectivity index (χ3v) is 11.1. The number of aliphatic hydroxyl groups excluding tert-OH is 2. The molecule has 2 aliphatic rings. The number of fused-ring (bicyclic) bond motifs is 2. The number of carbonyl (C=O) groups is 4. The third-order valence-electron chi connectivity index (χ3n) is 11.1. The summed E-state index contributed by atoms with van der Waals surface area (Å²) in [6.07, 6.45) is 2.49. The van der Waals surface area contributed by atoms with E-state index in [4.69, 9.17) is 21.7 Å². The van der Waals surface area contributed by atoms with E-state index in [0.29, 0.717) is 57.4 Å². The summed E-state index contributed by atoms with van der Waals surface area (Å²) < 4.78 is 39.5. The largest absolute Gasteiger partial charge is 0.456 e. The lowest BCUT2D eigenvalue weighted by molar-refractivity contribution is -0.0500. The summed E-state index contributed by atoms with van der Waals surface area (Å²) in [5.74, 6) is -1.09. The molecule has 6 heterocycles. The number of hydrogen-bond donors (Lipinski definition) is 4. The van der Waals surface area contributed by atoms with Crippen LogP contribution in [0.15, 0.2) is 147 Å². The number of carbonyl (C=O) groups excluding carboxylic acids is 4. The zero-order valence-electron chi connectivity index (χ0n) is 38.8. The first-order valence-electron chi connectivity index (χ1n) is 22.8. The first-order chi connectivity index (χ1) is 34.8. The second-order valence-electron chi connectivity index (χ2n) is 15.4. The summed E-state index contributed by atoms with van der Waals surface area (Å²) >= 11 is 0. The van der Waals surface area contributed by atoms with Crippen LogP contribution in [0.25, 0.3) is 22.3 Å². The molecule has 352 valence electrons. The number of aromatic nitrogens is 8. The molecule has 4 aromatic carbocycles. The number of esters is 2. The summed E-state index contributed by atoms with van der Waals surface area (Å²) in [5.41, 5.74) is 3.47. The Hall–Kier alpha value is -8.30. The van der Waals surface area contributed by atoms with Gasteiger partial charge >= 0.3 is 11.9 Å². The molecule has 0 saturated carbocycles. The summed E-state index contributed by atoms with van der Waals surface area (Å²) in [6, 6.07) is 34.8. The van der Waals surface area contributed by atoms with Gasteiger partial charge in [-0.1, -0.05) is 80.2 Å². The Morgan fingerprint density at radius 3 is 1.35 bits per heavy atom. The Morgan fingerprint density at radius 1 is 0.594 bits per heavy atom. The molecule has 0 spiro atoms. The van der Waals surface area contributed by atoms with Gasteiger partial charge in [0.25, 0.3) is 11.8 Å². The van der Waals surface area contributed by atoms with Crippen LogP contribution in [0, 0.1) is 0 Å². The van der Waals surface area contributed by atoms with Gasteiger partial charge in [0.15, 0.2) is 34.0 Å². The minimum Gasteiger partial charge on any atom is -0.456 e. The van der Waals surface area contributed by atoms with E-state index < -0.39 is 48.8 Å². The van der Waals surface area contributed by atoms with E-state index in [0.717, 1.165) is 0 Å². The Balaban J connectivity index is 0.000000184. The molecule has 10 rings (SSSR count). The number of hydrogen-bond acceptors (Lipinski definition) is 16. The zero-order valence-corrected chi connectivity index (χ0v) is 36.8. The first-order valence-corrected chi connectivity index (χ1v) is 21.4. The fourth-order valence-electron chi connectivity index (χ4n) is 7.71. The van der Waals surface area contributed by atoms with Crippen molar-refractivity contribution < 1.29 is 49.7 Å². The number of amides is 2. The normalized spacial score (nSPS) is 19.7. The van der Waals surface area contributed by atoms with E-state index in [1.807, 2.05) is 24.3 Å². The van der Waals surface area contributed by atoms with Crippen LogP contribution < -0.4 is 10.6 Å². The highest BCUT2D eigenvalue weighted by Crippen LogP contribution is 2.35. The number of nitrogens with one attached hydrogen (secondary N) is 2. The summed E-state index contributed by atoms with van der Waals surface area (Å²) in [7, 11) is 1.25. The quantitative estimate of drug-likeness (QED) is 0.0996. The SMILES string of the molecule is O=C(Nc1ncnc2c1ncn2[C@H]1CC(OC(=O)c2ccccc2)[C@@H](CO)O1)c1ccccc1.[2H]OC[C@H]1O[C@@H](n2cnc3c(NC(=O)c4ccccc4)ncnc32)CC1OC(=O)c1ccccc1.[3H]C. The zero-order chi connectivity index (χ0) is 49.7. The van der Waals surface area contributed by atoms with Crippen molar-refractivity contribution in [3.05, 3.63) is 169 Å². The number of benzene rings is 4. The van der Waals surface area contributed by atoms with Crippen LogP contribution in [-0.4, -0.2) is 112 Å². The third kappa shape index (κ3) is 10.5. The average molecular weight is 938 g/mol. The molecule has 4 N–H and O–H groups in total. The van der Waals surface area contributed by atoms with Gasteiger partial charge in [0, 0.05) is 25.3 Å². The standard InChI is InChI=1S/2C24H21N5O5.CH4/c2*30-12-18-17(34-24(32)16-9-5-2-6-10-16)11-19(33-18)29-14-27-20-21(25-13-26-22(20)29)28-23(31)15-7-3-1-4-8-15;/h2*1-10,13-14,17-19,30H,11-12H2,(H,25,26,28,31);1H4/t2*17?,18-,19-;/m11./s1/i30D;;1T. The predicted molar refractivity (Wildman–Crippen MR) is 249 cm³/mol. The number of nitrogens with zero attached hydrogens (tertiary/aromatic N) is 8. The average Bonchev–Trinajstić information content (AvgIpc) is 4.24. The lowest BCUT2D eigenvalue weighted by Crippen LogP contribution is -2.30. The molecule has 2 aliphatic heterocycles. The fourth-order valence-corrected chi connectivity index (χ4v) is 7.71. The van der Waals surface area contributed by atoms with Crippen LogP contribution in [0.2, 0.25) is 0 Å². The predicted octanol–water partition coefficient (Wildman–Crippen LogP) is 5.80. The van der Waals surface area contributed by atoms with Gasteiger partial charge in [-0.15, -0.1) is 0 Å². The monoisotopic (exact) mass is 937 g/mol. The van der Waals surface area contributed by atoms with E-state index >= 15 is 0 Å². The summed E-state index contributed by atoms with van der Waals surface area (Å²) in [4.78, 5) is 75.9. The highest BCUT2D eigenvalue weighted by atomic mass is 16.6. The Kier molecular flexibility index (Phi) is 13.9. The van der Waals surface area contributed by atoms with Gasteiger partial charge in [-0.3, -0.25) is 18.7 Å². The van der Waals surface area contributed by atoms with Gasteiger partial charge in [-0.05, 0) is 48.5 Å². The molecule has 2 fully saturated rings. The highest BCUT2D eigenvalue weighted by Gasteiger charge is 2.41. The number of rotatable bonds is 13. The van der Waals surface area contributed by atoms with Gasteiger partial charge in [-0.2, -0.15) is 0 Å². The molecule has 0 aliphatic carbocycles. The number of imidazole rings is 2. The molecule has 20 nitrogen and oxygen atoms in total. The van der Waals surface area contributed by atoms with Crippen molar-refractivity contribution in [3.63, 3.8) is 0 Å². The molecule has 2 amide bonds. The molecule has 4 aromatic heterocycles. The Bertz CT molecular complexity index is 3060. The van der Waals surface area contributed by atoms with Crippen molar-refractivity contribution in [3.8, 4) is 0 Å². The van der Waals surface area contributed by atoms with Crippen molar-refractivity contribution >= 4 is 57.7 Å². The van der Waals surface area contributed by atoms with Gasteiger partial charge in [0.05, 0.1) is 37.0 Å². The summed E-state index contributed by atoms with van der Waals surface area (Å²) in [5, 5.41) is 19.9. The van der Waals surface area contributed by atoms with Gasteiger partial charge < -0.3 is 39.8 Å². The first kappa shape index (κ1) is 44.5.